The highest BCUT2D eigenvalue weighted by atomic mass is 14.6. The lowest BCUT2D eigenvalue weighted by atomic mass is 9.84. The molecule has 1 aromatic heterocycles. The van der Waals surface area contributed by atoms with Crippen molar-refractivity contribution in [1.29, 1.82) is 0 Å². The lowest BCUT2D eigenvalue weighted by Gasteiger charge is -2.19. The van der Waals surface area contributed by atoms with E-state index in [1.165, 1.54) is 109 Å². The molecule has 10 aromatic carbocycles. The summed E-state index contributed by atoms with van der Waals surface area (Å²) in [7, 11) is 0. The molecular weight excluding hydrogens is 675 g/mol. The topological polar surface area (TPSA) is 12.9 Å². The number of benzene rings is 10. The van der Waals surface area contributed by atoms with E-state index in [2.05, 4.69) is 205 Å². The zero-order valence-electron chi connectivity index (χ0n) is 30.7. The third-order valence-electron chi connectivity index (χ3n) is 11.6. The van der Waals surface area contributed by atoms with Gasteiger partial charge in [-0.25, -0.2) is 0 Å². The normalized spacial score (nSPS) is 11.6. The fourth-order valence-electron chi connectivity index (χ4n) is 8.90. The zero-order valence-corrected chi connectivity index (χ0v) is 30.7. The van der Waals surface area contributed by atoms with Crippen molar-refractivity contribution < 1.29 is 0 Å². The van der Waals surface area contributed by atoms with Crippen LogP contribution in [0, 0.1) is 0 Å². The molecule has 0 N–H and O–H groups in total. The molecule has 0 bridgehead atoms. The minimum Gasteiger partial charge on any atom is -0.265 e. The Bertz CT molecular complexity index is 3250. The van der Waals surface area contributed by atoms with E-state index >= 15 is 0 Å². The standard InChI is InChI=1S/C55H35N/c1-2-10-36(11-3-1)43-27-29-50-53(34-43)55(42-30-32-56-33-31-42)49-17-9-8-16-48(49)54(50)41-24-20-38(21-25-41)37-18-22-40(23-19-37)51-35-52-44-13-5-4-12-39(44)26-28-47(52)45-14-6-7-15-46(45)51/h1-35H. The fraction of sp³-hybridized carbons (Fsp3) is 0. The molecule has 0 unspecified atom stereocenters. The van der Waals surface area contributed by atoms with Crippen molar-refractivity contribution in [3.63, 3.8) is 0 Å². The molecule has 260 valence electrons. The predicted octanol–water partition coefficient (Wildman–Crippen LogP) is 15.2. The highest BCUT2D eigenvalue weighted by molar-refractivity contribution is 6.23. The maximum Gasteiger partial charge on any atom is 0.0273 e. The highest BCUT2D eigenvalue weighted by Crippen LogP contribution is 2.45. The highest BCUT2D eigenvalue weighted by Gasteiger charge is 2.18. The van der Waals surface area contributed by atoms with Gasteiger partial charge in [-0.1, -0.05) is 176 Å². The molecule has 1 heterocycles. The van der Waals surface area contributed by atoms with Crippen LogP contribution in [-0.2, 0) is 0 Å². The van der Waals surface area contributed by atoms with Crippen molar-refractivity contribution in [2.75, 3.05) is 0 Å². The van der Waals surface area contributed by atoms with Gasteiger partial charge in [0.2, 0.25) is 0 Å². The molecule has 0 aliphatic heterocycles. The third kappa shape index (κ3) is 5.28. The average molecular weight is 710 g/mol. The predicted molar refractivity (Wildman–Crippen MR) is 239 cm³/mol. The minimum absolute atomic E-state index is 1.17. The lowest BCUT2D eigenvalue weighted by Crippen LogP contribution is -1.92. The SMILES string of the molecule is c1ccc(-c2ccc3c(-c4ccc(-c5ccc(-c6cc7c8ccccc8ccc7c7ccccc67)cc5)cc4)c4ccccc4c(-c4ccncc4)c3c2)cc1. The molecule has 0 atom stereocenters. The third-order valence-corrected chi connectivity index (χ3v) is 11.6. The van der Waals surface area contributed by atoms with E-state index in [9.17, 15) is 0 Å². The number of hydrogen-bond acceptors (Lipinski definition) is 1. The first kappa shape index (κ1) is 32.1. The summed E-state index contributed by atoms with van der Waals surface area (Å²) in [5.41, 5.74) is 12.2. The molecule has 1 heteroatoms. The molecule has 11 aromatic rings. The molecule has 0 aliphatic rings. The van der Waals surface area contributed by atoms with Crippen molar-refractivity contribution in [1.82, 2.24) is 4.98 Å². The van der Waals surface area contributed by atoms with Crippen LogP contribution in [-0.4, -0.2) is 4.98 Å². The molecule has 1 nitrogen and oxygen atoms in total. The summed E-state index contributed by atoms with van der Waals surface area (Å²) in [6.45, 7) is 0. The maximum absolute atomic E-state index is 4.35. The Morgan fingerprint density at radius 1 is 0.232 bits per heavy atom. The zero-order chi connectivity index (χ0) is 37.0. The minimum atomic E-state index is 1.17. The van der Waals surface area contributed by atoms with Crippen molar-refractivity contribution in [2.45, 2.75) is 0 Å². The van der Waals surface area contributed by atoms with E-state index in [-0.39, 0.29) is 0 Å². The summed E-state index contributed by atoms with van der Waals surface area (Å²) in [6.07, 6.45) is 3.78. The van der Waals surface area contributed by atoms with Gasteiger partial charge in [0.25, 0.3) is 0 Å². The van der Waals surface area contributed by atoms with Gasteiger partial charge in [-0.15, -0.1) is 0 Å². The van der Waals surface area contributed by atoms with E-state index in [4.69, 9.17) is 0 Å². The second kappa shape index (κ2) is 13.2. The second-order valence-electron chi connectivity index (χ2n) is 14.7. The molecule has 0 fully saturated rings. The Kier molecular flexibility index (Phi) is 7.57. The second-order valence-corrected chi connectivity index (χ2v) is 14.7. The molecule has 56 heavy (non-hydrogen) atoms. The smallest absolute Gasteiger partial charge is 0.0273 e. The quantitative estimate of drug-likeness (QED) is 0.128. The van der Waals surface area contributed by atoms with Crippen LogP contribution >= 0.6 is 0 Å². The summed E-state index contributed by atoms with van der Waals surface area (Å²) >= 11 is 0. The van der Waals surface area contributed by atoms with Gasteiger partial charge in [-0.05, 0) is 134 Å². The van der Waals surface area contributed by atoms with Crippen LogP contribution in [0.15, 0.2) is 213 Å². The Morgan fingerprint density at radius 2 is 0.696 bits per heavy atom. The molecular formula is C55H35N. The van der Waals surface area contributed by atoms with Crippen molar-refractivity contribution in [2.24, 2.45) is 0 Å². The van der Waals surface area contributed by atoms with Crippen molar-refractivity contribution in [3.8, 4) is 55.6 Å². The summed E-state index contributed by atoms with van der Waals surface area (Å²) in [5.74, 6) is 0. The Balaban J connectivity index is 1.02. The first-order valence-electron chi connectivity index (χ1n) is 19.3. The summed E-state index contributed by atoms with van der Waals surface area (Å²) < 4.78 is 0. The van der Waals surface area contributed by atoms with Gasteiger partial charge in [-0.2, -0.15) is 0 Å². The van der Waals surface area contributed by atoms with Crippen molar-refractivity contribution in [3.05, 3.63) is 213 Å². The number of fused-ring (bicyclic) bond motifs is 7. The summed E-state index contributed by atoms with van der Waals surface area (Å²) in [6, 6.07) is 73.4. The summed E-state index contributed by atoms with van der Waals surface area (Å²) in [4.78, 5) is 4.35. The molecule has 0 aliphatic carbocycles. The van der Waals surface area contributed by atoms with Gasteiger partial charge in [0.15, 0.2) is 0 Å². The fourth-order valence-corrected chi connectivity index (χ4v) is 8.90. The molecule has 0 saturated heterocycles. The van der Waals surface area contributed by atoms with Gasteiger partial charge in [0, 0.05) is 12.4 Å². The van der Waals surface area contributed by atoms with E-state index in [1.54, 1.807) is 0 Å². The lowest BCUT2D eigenvalue weighted by molar-refractivity contribution is 1.33. The van der Waals surface area contributed by atoms with Gasteiger partial charge >= 0.3 is 0 Å². The van der Waals surface area contributed by atoms with Gasteiger partial charge in [0.05, 0.1) is 0 Å². The maximum atomic E-state index is 4.35. The largest absolute Gasteiger partial charge is 0.265 e. The van der Waals surface area contributed by atoms with Crippen LogP contribution < -0.4 is 0 Å². The van der Waals surface area contributed by atoms with Crippen LogP contribution in [0.25, 0.3) is 109 Å². The van der Waals surface area contributed by atoms with Crippen LogP contribution in [0.2, 0.25) is 0 Å². The number of pyridine rings is 1. The monoisotopic (exact) mass is 709 g/mol. The number of rotatable bonds is 5. The first-order chi connectivity index (χ1) is 27.8. The van der Waals surface area contributed by atoms with E-state index < -0.39 is 0 Å². The molecule has 0 spiro atoms. The molecule has 0 saturated carbocycles. The number of nitrogens with zero attached hydrogens (tertiary/aromatic N) is 1. The Labute approximate surface area is 325 Å². The Morgan fingerprint density at radius 3 is 1.41 bits per heavy atom. The Hall–Kier alpha value is -7.35. The van der Waals surface area contributed by atoms with Crippen LogP contribution in [0.3, 0.4) is 0 Å². The van der Waals surface area contributed by atoms with Gasteiger partial charge in [-0.3, -0.25) is 4.98 Å². The van der Waals surface area contributed by atoms with Gasteiger partial charge < -0.3 is 0 Å². The molecule has 0 radical (unpaired) electrons. The van der Waals surface area contributed by atoms with Crippen molar-refractivity contribution >= 4 is 53.9 Å². The van der Waals surface area contributed by atoms with E-state index in [0.717, 1.165) is 0 Å². The number of hydrogen-bond donors (Lipinski definition) is 0. The average Bonchev–Trinajstić information content (AvgIpc) is 3.28. The van der Waals surface area contributed by atoms with Crippen LogP contribution in [0.1, 0.15) is 0 Å². The molecule has 11 rings (SSSR count). The van der Waals surface area contributed by atoms with Crippen LogP contribution in [0.4, 0.5) is 0 Å². The van der Waals surface area contributed by atoms with E-state index in [1.807, 2.05) is 12.4 Å². The van der Waals surface area contributed by atoms with Crippen LogP contribution in [0.5, 0.6) is 0 Å². The number of aromatic nitrogens is 1. The van der Waals surface area contributed by atoms with Gasteiger partial charge in [0.1, 0.15) is 0 Å². The first-order valence-corrected chi connectivity index (χ1v) is 19.3. The summed E-state index contributed by atoms with van der Waals surface area (Å²) in [5, 5.41) is 12.7. The van der Waals surface area contributed by atoms with E-state index in [0.29, 0.717) is 0 Å². The molecule has 0 amide bonds.